The van der Waals surface area contributed by atoms with Crippen LogP contribution in [-0.4, -0.2) is 71.1 Å². The second kappa shape index (κ2) is 12.2. The molecule has 5 rings (SSSR count). The van der Waals surface area contributed by atoms with Crippen LogP contribution in [-0.2, 0) is 20.8 Å². The summed E-state index contributed by atoms with van der Waals surface area (Å²) < 4.78 is 25.7. The van der Waals surface area contributed by atoms with E-state index in [1.165, 1.54) is 12.1 Å². The number of carbonyl (C=O) groups excluding carboxylic acids is 1. The van der Waals surface area contributed by atoms with Crippen molar-refractivity contribution in [1.82, 2.24) is 30.2 Å². The SMILES string of the molecule is CN(C)CCNC(=O)C1(C)COC(c2nc(-c3ccc(F)cc3)c(-c3ccnc(NCc4cccs4)n3)[nH]2)OC1. The summed E-state index contributed by atoms with van der Waals surface area (Å²) in [5.41, 5.74) is 1.66. The Morgan fingerprint density at radius 1 is 1.18 bits per heavy atom. The van der Waals surface area contributed by atoms with Crippen molar-refractivity contribution in [2.45, 2.75) is 19.8 Å². The number of anilines is 1. The molecule has 0 radical (unpaired) electrons. The predicted molar refractivity (Wildman–Crippen MR) is 151 cm³/mol. The number of likely N-dealkylation sites (N-methyl/N-ethyl adjacent to an activating group) is 1. The highest BCUT2D eigenvalue weighted by molar-refractivity contribution is 7.09. The Hall–Kier alpha value is -3.71. The Kier molecular flexibility index (Phi) is 8.50. The van der Waals surface area contributed by atoms with Gasteiger partial charge in [0.1, 0.15) is 5.82 Å². The van der Waals surface area contributed by atoms with Gasteiger partial charge in [0, 0.05) is 29.7 Å². The Labute approximate surface area is 236 Å². The molecular weight excluding hydrogens is 533 g/mol. The lowest BCUT2D eigenvalue weighted by atomic mass is 9.91. The van der Waals surface area contributed by atoms with Gasteiger partial charge in [0.25, 0.3) is 0 Å². The van der Waals surface area contributed by atoms with E-state index >= 15 is 0 Å². The number of thiophene rings is 1. The molecular formula is C28H32FN7O3S. The number of rotatable bonds is 10. The van der Waals surface area contributed by atoms with E-state index in [1.54, 1.807) is 35.7 Å². The fraction of sp³-hybridized carbons (Fsp3) is 0.357. The summed E-state index contributed by atoms with van der Waals surface area (Å²) in [7, 11) is 3.90. The van der Waals surface area contributed by atoms with Crippen molar-refractivity contribution in [3.05, 3.63) is 70.6 Å². The van der Waals surface area contributed by atoms with Crippen LogP contribution in [0, 0.1) is 11.2 Å². The number of amides is 1. The van der Waals surface area contributed by atoms with Gasteiger partial charge >= 0.3 is 0 Å². The Balaban J connectivity index is 1.36. The predicted octanol–water partition coefficient (Wildman–Crippen LogP) is 4.08. The standard InChI is InChI=1S/C28H32FN7O3S/c1-28(26(37)30-12-13-36(2)3)16-38-25(39-17-28)24-34-22(18-6-8-19(29)9-7-18)23(35-24)21-10-11-31-27(33-21)32-15-20-5-4-14-40-20/h4-11,14,25H,12-13,15-17H2,1-3H3,(H,30,37)(H,34,35)(H,31,32,33). The van der Waals surface area contributed by atoms with E-state index in [9.17, 15) is 9.18 Å². The molecule has 0 saturated carbocycles. The minimum absolute atomic E-state index is 0.122. The van der Waals surface area contributed by atoms with Crippen molar-refractivity contribution < 1.29 is 18.7 Å². The zero-order chi connectivity index (χ0) is 28.1. The Morgan fingerprint density at radius 3 is 2.65 bits per heavy atom. The number of hydrogen-bond acceptors (Lipinski definition) is 9. The molecule has 1 aliphatic heterocycles. The van der Waals surface area contributed by atoms with E-state index in [-0.39, 0.29) is 24.9 Å². The summed E-state index contributed by atoms with van der Waals surface area (Å²) in [5.74, 6) is 0.429. The molecule has 1 fully saturated rings. The van der Waals surface area contributed by atoms with E-state index in [0.717, 1.165) is 11.4 Å². The average molecular weight is 566 g/mol. The van der Waals surface area contributed by atoms with Gasteiger partial charge in [-0.25, -0.2) is 19.3 Å². The first-order valence-electron chi connectivity index (χ1n) is 12.9. The van der Waals surface area contributed by atoms with Gasteiger partial charge < -0.3 is 30.0 Å². The lowest BCUT2D eigenvalue weighted by molar-refractivity contribution is -0.231. The van der Waals surface area contributed by atoms with Crippen LogP contribution in [0.15, 0.2) is 54.0 Å². The Morgan fingerprint density at radius 2 is 1.95 bits per heavy atom. The highest BCUT2D eigenvalue weighted by Crippen LogP contribution is 2.35. The minimum atomic E-state index is -0.826. The molecule has 0 unspecified atom stereocenters. The zero-order valence-electron chi connectivity index (χ0n) is 22.6. The van der Waals surface area contributed by atoms with Crippen LogP contribution >= 0.6 is 11.3 Å². The summed E-state index contributed by atoms with van der Waals surface area (Å²) in [6.45, 7) is 4.02. The first-order chi connectivity index (χ1) is 19.3. The third-order valence-electron chi connectivity index (χ3n) is 6.47. The van der Waals surface area contributed by atoms with Crippen LogP contribution in [0.1, 0.15) is 23.9 Å². The van der Waals surface area contributed by atoms with Gasteiger partial charge in [-0.3, -0.25) is 4.79 Å². The molecule has 1 saturated heterocycles. The van der Waals surface area contributed by atoms with Crippen LogP contribution in [0.25, 0.3) is 22.6 Å². The summed E-state index contributed by atoms with van der Waals surface area (Å²) in [5, 5.41) is 8.22. The molecule has 40 heavy (non-hydrogen) atoms. The molecule has 3 aromatic heterocycles. The van der Waals surface area contributed by atoms with Gasteiger partial charge in [-0.15, -0.1) is 11.3 Å². The number of carbonyl (C=O) groups is 1. The third-order valence-corrected chi connectivity index (χ3v) is 7.35. The maximum atomic E-state index is 13.7. The molecule has 0 aliphatic carbocycles. The molecule has 1 aromatic carbocycles. The number of nitrogens with zero attached hydrogens (tertiary/aromatic N) is 4. The van der Waals surface area contributed by atoms with Crippen molar-refractivity contribution >= 4 is 23.2 Å². The highest BCUT2D eigenvalue weighted by Gasteiger charge is 2.40. The van der Waals surface area contributed by atoms with Gasteiger partial charge in [0.15, 0.2) is 5.82 Å². The second-order valence-corrected chi connectivity index (χ2v) is 11.2. The molecule has 0 atom stereocenters. The van der Waals surface area contributed by atoms with Crippen molar-refractivity contribution in [2.24, 2.45) is 5.41 Å². The first kappa shape index (κ1) is 27.8. The summed E-state index contributed by atoms with van der Waals surface area (Å²) in [6, 6.07) is 11.9. The van der Waals surface area contributed by atoms with E-state index in [4.69, 9.17) is 19.4 Å². The topological polar surface area (TPSA) is 117 Å². The molecule has 3 N–H and O–H groups in total. The number of hydrogen-bond donors (Lipinski definition) is 3. The molecule has 12 heteroatoms. The number of halogens is 1. The maximum Gasteiger partial charge on any atom is 0.230 e. The molecule has 1 aliphatic rings. The van der Waals surface area contributed by atoms with Crippen LogP contribution in [0.5, 0.6) is 0 Å². The minimum Gasteiger partial charge on any atom is -0.354 e. The van der Waals surface area contributed by atoms with E-state index in [1.807, 2.05) is 43.4 Å². The Bertz CT molecular complexity index is 1420. The molecule has 1 amide bonds. The summed E-state index contributed by atoms with van der Waals surface area (Å²) in [4.78, 5) is 33.1. The van der Waals surface area contributed by atoms with Crippen molar-refractivity contribution in [3.63, 3.8) is 0 Å². The fourth-order valence-electron chi connectivity index (χ4n) is 4.17. The largest absolute Gasteiger partial charge is 0.354 e. The lowest BCUT2D eigenvalue weighted by Gasteiger charge is -2.35. The monoisotopic (exact) mass is 565 g/mol. The maximum absolute atomic E-state index is 13.7. The number of nitrogens with one attached hydrogen (secondary N) is 3. The third kappa shape index (κ3) is 6.53. The quantitative estimate of drug-likeness (QED) is 0.263. The second-order valence-electron chi connectivity index (χ2n) is 10.1. The fourth-order valence-corrected chi connectivity index (χ4v) is 4.82. The normalized spacial score (nSPS) is 19.1. The molecule has 210 valence electrons. The molecule has 10 nitrogen and oxygen atoms in total. The molecule has 4 heterocycles. The van der Waals surface area contributed by atoms with Gasteiger partial charge in [0.05, 0.1) is 42.3 Å². The van der Waals surface area contributed by atoms with Gasteiger partial charge in [-0.1, -0.05) is 6.07 Å². The van der Waals surface area contributed by atoms with E-state index in [0.29, 0.717) is 47.5 Å². The van der Waals surface area contributed by atoms with Crippen LogP contribution in [0.2, 0.25) is 0 Å². The molecule has 4 aromatic rings. The van der Waals surface area contributed by atoms with Crippen LogP contribution in [0.3, 0.4) is 0 Å². The number of imidazole rings is 1. The number of benzene rings is 1. The molecule has 0 bridgehead atoms. The summed E-state index contributed by atoms with van der Waals surface area (Å²) >= 11 is 1.65. The van der Waals surface area contributed by atoms with Gasteiger partial charge in [-0.05, 0) is 62.8 Å². The zero-order valence-corrected chi connectivity index (χ0v) is 23.4. The van der Waals surface area contributed by atoms with Crippen molar-refractivity contribution in [3.8, 4) is 22.6 Å². The number of ether oxygens (including phenoxy) is 2. The molecule has 0 spiro atoms. The number of H-pyrrole nitrogens is 1. The number of aromatic nitrogens is 4. The average Bonchev–Trinajstić information content (AvgIpc) is 3.63. The number of aromatic amines is 1. The van der Waals surface area contributed by atoms with Crippen molar-refractivity contribution in [1.29, 1.82) is 0 Å². The van der Waals surface area contributed by atoms with Crippen molar-refractivity contribution in [2.75, 3.05) is 45.7 Å². The highest BCUT2D eigenvalue weighted by atomic mass is 32.1. The van der Waals surface area contributed by atoms with Gasteiger partial charge in [0.2, 0.25) is 18.1 Å². The lowest BCUT2D eigenvalue weighted by Crippen LogP contribution is -2.49. The summed E-state index contributed by atoms with van der Waals surface area (Å²) in [6.07, 6.45) is 0.857. The van der Waals surface area contributed by atoms with E-state index in [2.05, 4.69) is 20.6 Å². The van der Waals surface area contributed by atoms with E-state index < -0.39 is 11.7 Å². The first-order valence-corrected chi connectivity index (χ1v) is 13.8. The van der Waals surface area contributed by atoms with Gasteiger partial charge in [-0.2, -0.15) is 0 Å². The van der Waals surface area contributed by atoms with Crippen LogP contribution in [0.4, 0.5) is 10.3 Å². The smallest absolute Gasteiger partial charge is 0.230 e. The van der Waals surface area contributed by atoms with Crippen LogP contribution < -0.4 is 10.6 Å².